The van der Waals surface area contributed by atoms with E-state index in [1.54, 1.807) is 0 Å². The standard InChI is InChI=1S/C16H25NO/c1-12-4-6-15(7-5-12)16(18)14(3)17-10-8-13(2)9-11-17/h4-7,13-14,16,18H,8-11H2,1-3H3/t14-,16-/m0/s1. The molecular weight excluding hydrogens is 222 g/mol. The average molecular weight is 247 g/mol. The number of hydrogen-bond acceptors (Lipinski definition) is 2. The van der Waals surface area contributed by atoms with Crippen molar-refractivity contribution in [3.63, 3.8) is 0 Å². The predicted molar refractivity (Wildman–Crippen MR) is 75.6 cm³/mol. The van der Waals surface area contributed by atoms with Crippen molar-refractivity contribution >= 4 is 0 Å². The van der Waals surface area contributed by atoms with Gasteiger partial charge in [0.25, 0.3) is 0 Å². The monoisotopic (exact) mass is 247 g/mol. The third-order valence-electron chi connectivity index (χ3n) is 4.27. The molecule has 18 heavy (non-hydrogen) atoms. The molecule has 1 N–H and O–H groups in total. The third-order valence-corrected chi connectivity index (χ3v) is 4.27. The van der Waals surface area contributed by atoms with Crippen LogP contribution < -0.4 is 0 Å². The van der Waals surface area contributed by atoms with Crippen molar-refractivity contribution in [2.75, 3.05) is 13.1 Å². The third kappa shape index (κ3) is 3.12. The van der Waals surface area contributed by atoms with Gasteiger partial charge in [0.1, 0.15) is 0 Å². The zero-order valence-corrected chi connectivity index (χ0v) is 11.8. The number of nitrogens with zero attached hydrogens (tertiary/aromatic N) is 1. The zero-order valence-electron chi connectivity index (χ0n) is 11.8. The van der Waals surface area contributed by atoms with Crippen LogP contribution in [0.15, 0.2) is 24.3 Å². The number of rotatable bonds is 3. The van der Waals surface area contributed by atoms with E-state index in [4.69, 9.17) is 0 Å². The highest BCUT2D eigenvalue weighted by Crippen LogP contribution is 2.25. The molecule has 1 aliphatic heterocycles. The molecule has 0 aliphatic carbocycles. The van der Waals surface area contributed by atoms with Crippen LogP contribution in [0.4, 0.5) is 0 Å². The maximum absolute atomic E-state index is 10.5. The van der Waals surface area contributed by atoms with E-state index < -0.39 is 0 Å². The molecule has 0 aromatic heterocycles. The highest BCUT2D eigenvalue weighted by Gasteiger charge is 2.25. The molecule has 0 bridgehead atoms. The highest BCUT2D eigenvalue weighted by atomic mass is 16.3. The van der Waals surface area contributed by atoms with Gasteiger partial charge in [0.2, 0.25) is 0 Å². The van der Waals surface area contributed by atoms with Gasteiger partial charge in [-0.15, -0.1) is 0 Å². The summed E-state index contributed by atoms with van der Waals surface area (Å²) in [6.07, 6.45) is 2.13. The van der Waals surface area contributed by atoms with Gasteiger partial charge in [-0.1, -0.05) is 36.8 Å². The molecule has 0 amide bonds. The maximum atomic E-state index is 10.5. The van der Waals surface area contributed by atoms with Crippen molar-refractivity contribution in [1.82, 2.24) is 4.90 Å². The molecule has 1 aromatic rings. The lowest BCUT2D eigenvalue weighted by Crippen LogP contribution is -2.42. The van der Waals surface area contributed by atoms with Crippen molar-refractivity contribution in [1.29, 1.82) is 0 Å². The van der Waals surface area contributed by atoms with Crippen LogP contribution in [0.2, 0.25) is 0 Å². The quantitative estimate of drug-likeness (QED) is 0.887. The normalized spacial score (nSPS) is 21.8. The van der Waals surface area contributed by atoms with Crippen LogP contribution in [0.1, 0.15) is 43.9 Å². The fourth-order valence-electron chi connectivity index (χ4n) is 2.68. The molecule has 2 rings (SSSR count). The van der Waals surface area contributed by atoms with Gasteiger partial charge in [0.15, 0.2) is 0 Å². The van der Waals surface area contributed by atoms with Crippen LogP contribution in [0.5, 0.6) is 0 Å². The van der Waals surface area contributed by atoms with E-state index in [9.17, 15) is 5.11 Å². The lowest BCUT2D eigenvalue weighted by atomic mass is 9.95. The summed E-state index contributed by atoms with van der Waals surface area (Å²) >= 11 is 0. The molecule has 0 radical (unpaired) electrons. The summed E-state index contributed by atoms with van der Waals surface area (Å²) in [4.78, 5) is 2.42. The Balaban J connectivity index is 1.99. The Bertz CT molecular complexity index is 365. The van der Waals surface area contributed by atoms with Gasteiger partial charge in [-0.3, -0.25) is 4.90 Å². The Morgan fingerprint density at radius 3 is 2.28 bits per heavy atom. The van der Waals surface area contributed by atoms with Gasteiger partial charge >= 0.3 is 0 Å². The van der Waals surface area contributed by atoms with E-state index >= 15 is 0 Å². The van der Waals surface area contributed by atoms with E-state index in [2.05, 4.69) is 37.8 Å². The number of aryl methyl sites for hydroxylation is 1. The molecule has 0 spiro atoms. The van der Waals surface area contributed by atoms with Gasteiger partial charge < -0.3 is 5.11 Å². The fourth-order valence-corrected chi connectivity index (χ4v) is 2.68. The minimum atomic E-state index is -0.376. The Labute approximate surface area is 111 Å². The molecule has 2 atom stereocenters. The van der Waals surface area contributed by atoms with Gasteiger partial charge in [0, 0.05) is 6.04 Å². The first-order valence-electron chi connectivity index (χ1n) is 7.06. The van der Waals surface area contributed by atoms with Crippen LogP contribution in [-0.2, 0) is 0 Å². The number of hydrogen-bond donors (Lipinski definition) is 1. The van der Waals surface area contributed by atoms with Crippen LogP contribution in [-0.4, -0.2) is 29.1 Å². The van der Waals surface area contributed by atoms with Gasteiger partial charge in [-0.2, -0.15) is 0 Å². The molecule has 1 fully saturated rings. The number of benzene rings is 1. The summed E-state index contributed by atoms with van der Waals surface area (Å²) in [6, 6.07) is 8.44. The molecule has 1 aliphatic rings. The summed E-state index contributed by atoms with van der Waals surface area (Å²) in [7, 11) is 0. The van der Waals surface area contributed by atoms with E-state index in [1.807, 2.05) is 12.1 Å². The number of aliphatic hydroxyl groups excluding tert-OH is 1. The molecule has 2 nitrogen and oxygen atoms in total. The minimum Gasteiger partial charge on any atom is -0.387 e. The van der Waals surface area contributed by atoms with E-state index in [1.165, 1.54) is 18.4 Å². The van der Waals surface area contributed by atoms with E-state index in [0.717, 1.165) is 24.6 Å². The van der Waals surface area contributed by atoms with Gasteiger partial charge in [-0.05, 0) is 51.3 Å². The summed E-state index contributed by atoms with van der Waals surface area (Å²) in [5.74, 6) is 0.838. The smallest absolute Gasteiger partial charge is 0.0942 e. The molecule has 0 unspecified atom stereocenters. The summed E-state index contributed by atoms with van der Waals surface area (Å²) < 4.78 is 0. The lowest BCUT2D eigenvalue weighted by Gasteiger charge is -2.37. The van der Waals surface area contributed by atoms with Crippen molar-refractivity contribution < 1.29 is 5.11 Å². The van der Waals surface area contributed by atoms with Crippen LogP contribution >= 0.6 is 0 Å². The van der Waals surface area contributed by atoms with E-state index in [-0.39, 0.29) is 12.1 Å². The number of likely N-dealkylation sites (tertiary alicyclic amines) is 1. The molecule has 1 saturated heterocycles. The van der Waals surface area contributed by atoms with Crippen molar-refractivity contribution in [3.8, 4) is 0 Å². The van der Waals surface area contributed by atoms with Gasteiger partial charge in [-0.25, -0.2) is 0 Å². The van der Waals surface area contributed by atoms with Crippen molar-refractivity contribution in [2.24, 2.45) is 5.92 Å². The first-order valence-corrected chi connectivity index (χ1v) is 7.06. The molecular formula is C16H25NO. The topological polar surface area (TPSA) is 23.5 Å². The van der Waals surface area contributed by atoms with Gasteiger partial charge in [0.05, 0.1) is 6.10 Å². The second kappa shape index (κ2) is 5.85. The zero-order chi connectivity index (χ0) is 13.1. The van der Waals surface area contributed by atoms with Crippen molar-refractivity contribution in [2.45, 2.75) is 45.8 Å². The molecule has 100 valence electrons. The van der Waals surface area contributed by atoms with Crippen LogP contribution in [0, 0.1) is 12.8 Å². The fraction of sp³-hybridized carbons (Fsp3) is 0.625. The second-order valence-corrected chi connectivity index (χ2v) is 5.81. The van der Waals surface area contributed by atoms with E-state index in [0.29, 0.717) is 0 Å². The maximum Gasteiger partial charge on any atom is 0.0942 e. The van der Waals surface area contributed by atoms with Crippen LogP contribution in [0.25, 0.3) is 0 Å². The number of aliphatic hydroxyl groups is 1. The Morgan fingerprint density at radius 1 is 1.17 bits per heavy atom. The molecule has 0 saturated carbocycles. The SMILES string of the molecule is Cc1ccc([C@@H](O)[C@H](C)N2CCC(C)CC2)cc1. The number of piperidine rings is 1. The Morgan fingerprint density at radius 2 is 1.72 bits per heavy atom. The van der Waals surface area contributed by atoms with Crippen LogP contribution in [0.3, 0.4) is 0 Å². The Hall–Kier alpha value is -0.860. The lowest BCUT2D eigenvalue weighted by molar-refractivity contribution is 0.0390. The Kier molecular flexibility index (Phi) is 4.41. The first-order chi connectivity index (χ1) is 8.58. The first kappa shape index (κ1) is 13.6. The molecule has 1 heterocycles. The molecule has 1 aromatic carbocycles. The van der Waals surface area contributed by atoms with Crippen molar-refractivity contribution in [3.05, 3.63) is 35.4 Å². The predicted octanol–water partition coefficient (Wildman–Crippen LogP) is 3.15. The summed E-state index contributed by atoms with van der Waals surface area (Å²) in [6.45, 7) is 8.76. The summed E-state index contributed by atoms with van der Waals surface area (Å²) in [5, 5.41) is 10.5. The highest BCUT2D eigenvalue weighted by molar-refractivity contribution is 5.24. The average Bonchev–Trinajstić information content (AvgIpc) is 2.39. The second-order valence-electron chi connectivity index (χ2n) is 5.81. The largest absolute Gasteiger partial charge is 0.387 e. The molecule has 2 heteroatoms. The summed E-state index contributed by atoms with van der Waals surface area (Å²) in [5.41, 5.74) is 2.28. The minimum absolute atomic E-state index is 0.209.